The highest BCUT2D eigenvalue weighted by atomic mass is 16.3. The van der Waals surface area contributed by atoms with Crippen molar-refractivity contribution < 1.29 is 14.0 Å². The maximum atomic E-state index is 12.8. The van der Waals surface area contributed by atoms with Crippen molar-refractivity contribution in [3.63, 3.8) is 0 Å². The minimum absolute atomic E-state index is 0.0638. The van der Waals surface area contributed by atoms with E-state index >= 15 is 0 Å². The lowest BCUT2D eigenvalue weighted by atomic mass is 10.1. The van der Waals surface area contributed by atoms with Crippen molar-refractivity contribution in [3.05, 3.63) is 53.0 Å². The van der Waals surface area contributed by atoms with Crippen LogP contribution in [0.3, 0.4) is 0 Å². The number of rotatable bonds is 2. The van der Waals surface area contributed by atoms with Gasteiger partial charge in [-0.3, -0.25) is 9.59 Å². The van der Waals surface area contributed by atoms with Gasteiger partial charge in [0.25, 0.3) is 5.91 Å². The first kappa shape index (κ1) is 16.3. The molecule has 2 heterocycles. The molecule has 126 valence electrons. The average Bonchev–Trinajstić information content (AvgIpc) is 2.88. The Balaban J connectivity index is 1.80. The number of anilines is 1. The van der Waals surface area contributed by atoms with E-state index in [0.717, 1.165) is 11.3 Å². The smallest absolute Gasteiger partial charge is 0.258 e. The van der Waals surface area contributed by atoms with E-state index in [4.69, 9.17) is 4.42 Å². The Morgan fingerprint density at radius 1 is 1.17 bits per heavy atom. The van der Waals surface area contributed by atoms with Gasteiger partial charge in [-0.1, -0.05) is 17.7 Å². The molecule has 3 rings (SSSR count). The van der Waals surface area contributed by atoms with Crippen LogP contribution < -0.4 is 4.90 Å². The van der Waals surface area contributed by atoms with E-state index in [0.29, 0.717) is 23.6 Å². The number of hydrogen-bond acceptors (Lipinski definition) is 3. The van der Waals surface area contributed by atoms with Gasteiger partial charge in [-0.15, -0.1) is 0 Å². The molecule has 1 fully saturated rings. The van der Waals surface area contributed by atoms with Gasteiger partial charge >= 0.3 is 0 Å². The molecule has 0 radical (unpaired) electrons. The molecular formula is C19H22N2O3. The lowest BCUT2D eigenvalue weighted by Crippen LogP contribution is -2.57. The van der Waals surface area contributed by atoms with Gasteiger partial charge in [0.05, 0.1) is 5.56 Å². The second kappa shape index (κ2) is 6.15. The largest absolute Gasteiger partial charge is 0.466 e. The summed E-state index contributed by atoms with van der Waals surface area (Å²) in [5.74, 6) is 1.09. The fourth-order valence-electron chi connectivity index (χ4n) is 3.10. The number of nitrogens with zero attached hydrogens (tertiary/aromatic N) is 2. The van der Waals surface area contributed by atoms with E-state index in [-0.39, 0.29) is 24.4 Å². The molecule has 1 aromatic carbocycles. The van der Waals surface area contributed by atoms with Crippen LogP contribution in [-0.4, -0.2) is 35.8 Å². The highest BCUT2D eigenvalue weighted by molar-refractivity contribution is 6.02. The SMILES string of the molecule is Cc1ccc(N2C[C@@H](C)N(C(=O)c3cc(C)oc3C)CC2=O)cc1. The summed E-state index contributed by atoms with van der Waals surface area (Å²) >= 11 is 0. The number of benzene rings is 1. The molecule has 1 aromatic heterocycles. The predicted octanol–water partition coefficient (Wildman–Crippen LogP) is 3.08. The summed E-state index contributed by atoms with van der Waals surface area (Å²) in [6.07, 6.45) is 0. The minimum Gasteiger partial charge on any atom is -0.466 e. The lowest BCUT2D eigenvalue weighted by Gasteiger charge is -2.39. The second-order valence-corrected chi connectivity index (χ2v) is 6.45. The van der Waals surface area contributed by atoms with Crippen molar-refractivity contribution in [2.45, 2.75) is 33.7 Å². The van der Waals surface area contributed by atoms with E-state index in [1.54, 1.807) is 22.8 Å². The summed E-state index contributed by atoms with van der Waals surface area (Å²) in [5.41, 5.74) is 2.56. The maximum Gasteiger partial charge on any atom is 0.258 e. The summed E-state index contributed by atoms with van der Waals surface area (Å²) in [7, 11) is 0. The predicted molar refractivity (Wildman–Crippen MR) is 92.2 cm³/mol. The zero-order valence-corrected chi connectivity index (χ0v) is 14.5. The van der Waals surface area contributed by atoms with Gasteiger partial charge in [-0.2, -0.15) is 0 Å². The van der Waals surface area contributed by atoms with Crippen molar-refractivity contribution in [2.75, 3.05) is 18.0 Å². The third kappa shape index (κ3) is 2.94. The van der Waals surface area contributed by atoms with E-state index in [2.05, 4.69) is 0 Å². The van der Waals surface area contributed by atoms with Gasteiger partial charge in [-0.05, 0) is 45.9 Å². The summed E-state index contributed by atoms with van der Waals surface area (Å²) in [5, 5.41) is 0. The molecule has 2 amide bonds. The van der Waals surface area contributed by atoms with Gasteiger partial charge in [0, 0.05) is 18.3 Å². The van der Waals surface area contributed by atoms with Gasteiger partial charge in [0.2, 0.25) is 5.91 Å². The molecular weight excluding hydrogens is 304 g/mol. The first-order valence-electron chi connectivity index (χ1n) is 8.12. The quantitative estimate of drug-likeness (QED) is 0.852. The zero-order valence-electron chi connectivity index (χ0n) is 14.5. The van der Waals surface area contributed by atoms with Crippen LogP contribution in [0.5, 0.6) is 0 Å². The number of furan rings is 1. The molecule has 0 unspecified atom stereocenters. The highest BCUT2D eigenvalue weighted by Crippen LogP contribution is 2.23. The Bertz CT molecular complexity index is 776. The molecule has 2 aromatic rings. The lowest BCUT2D eigenvalue weighted by molar-refractivity contribution is -0.121. The van der Waals surface area contributed by atoms with Crippen molar-refractivity contribution in [1.82, 2.24) is 4.90 Å². The molecule has 0 bridgehead atoms. The number of aryl methyl sites for hydroxylation is 3. The molecule has 5 nitrogen and oxygen atoms in total. The van der Waals surface area contributed by atoms with E-state index in [9.17, 15) is 9.59 Å². The van der Waals surface area contributed by atoms with Crippen LogP contribution in [0.15, 0.2) is 34.7 Å². The fraction of sp³-hybridized carbons (Fsp3) is 0.368. The topological polar surface area (TPSA) is 53.8 Å². The van der Waals surface area contributed by atoms with Gasteiger partial charge in [-0.25, -0.2) is 0 Å². The van der Waals surface area contributed by atoms with Crippen LogP contribution in [0.2, 0.25) is 0 Å². The summed E-state index contributed by atoms with van der Waals surface area (Å²) in [6, 6.07) is 9.54. The molecule has 1 saturated heterocycles. The molecule has 1 aliphatic rings. The molecule has 24 heavy (non-hydrogen) atoms. The summed E-state index contributed by atoms with van der Waals surface area (Å²) < 4.78 is 5.45. The Morgan fingerprint density at radius 2 is 1.83 bits per heavy atom. The first-order valence-corrected chi connectivity index (χ1v) is 8.12. The van der Waals surface area contributed by atoms with Gasteiger partial charge in [0.15, 0.2) is 0 Å². The van der Waals surface area contributed by atoms with E-state index < -0.39 is 0 Å². The molecule has 1 aliphatic heterocycles. The van der Waals surface area contributed by atoms with Crippen LogP contribution in [0.1, 0.15) is 34.4 Å². The number of carbonyl (C=O) groups is 2. The van der Waals surface area contributed by atoms with Crippen LogP contribution in [0.4, 0.5) is 5.69 Å². The third-order valence-corrected chi connectivity index (χ3v) is 4.46. The number of amides is 2. The van der Waals surface area contributed by atoms with Crippen molar-refractivity contribution in [3.8, 4) is 0 Å². The summed E-state index contributed by atoms with van der Waals surface area (Å²) in [4.78, 5) is 28.7. The number of hydrogen-bond donors (Lipinski definition) is 0. The molecule has 0 saturated carbocycles. The average molecular weight is 326 g/mol. The van der Waals surface area contributed by atoms with Crippen LogP contribution in [0.25, 0.3) is 0 Å². The van der Waals surface area contributed by atoms with Crippen molar-refractivity contribution in [1.29, 1.82) is 0 Å². The van der Waals surface area contributed by atoms with Crippen molar-refractivity contribution in [2.24, 2.45) is 0 Å². The van der Waals surface area contributed by atoms with E-state index in [1.807, 2.05) is 45.0 Å². The second-order valence-electron chi connectivity index (χ2n) is 6.45. The molecule has 1 atom stereocenters. The number of carbonyl (C=O) groups excluding carboxylic acids is 2. The molecule has 0 aliphatic carbocycles. The highest BCUT2D eigenvalue weighted by Gasteiger charge is 2.34. The van der Waals surface area contributed by atoms with Gasteiger partial charge in [0.1, 0.15) is 18.1 Å². The fourth-order valence-corrected chi connectivity index (χ4v) is 3.10. The van der Waals surface area contributed by atoms with Crippen molar-refractivity contribution >= 4 is 17.5 Å². The molecule has 5 heteroatoms. The van der Waals surface area contributed by atoms with Crippen LogP contribution in [0, 0.1) is 20.8 Å². The Kier molecular flexibility index (Phi) is 4.18. The molecule has 0 N–H and O–H groups in total. The standard InChI is InChI=1S/C19H22N2O3/c1-12-5-7-16(8-6-12)21-10-13(2)20(11-18(21)22)19(23)17-9-14(3)24-15(17)4/h5-9,13H,10-11H2,1-4H3/t13-/m1/s1. The first-order chi connectivity index (χ1) is 11.4. The minimum atomic E-state index is -0.145. The third-order valence-electron chi connectivity index (χ3n) is 4.46. The van der Waals surface area contributed by atoms with Crippen LogP contribution in [-0.2, 0) is 4.79 Å². The van der Waals surface area contributed by atoms with Crippen LogP contribution >= 0.6 is 0 Å². The monoisotopic (exact) mass is 326 g/mol. The Morgan fingerprint density at radius 3 is 2.42 bits per heavy atom. The Labute approximate surface area is 141 Å². The van der Waals surface area contributed by atoms with Gasteiger partial charge < -0.3 is 14.2 Å². The zero-order chi connectivity index (χ0) is 17.4. The normalized spacial score (nSPS) is 18.2. The Hall–Kier alpha value is -2.56. The molecule has 0 spiro atoms. The maximum absolute atomic E-state index is 12.8. The summed E-state index contributed by atoms with van der Waals surface area (Å²) in [6.45, 7) is 8.14. The van der Waals surface area contributed by atoms with E-state index in [1.165, 1.54) is 0 Å². The number of piperazine rings is 1.